The first kappa shape index (κ1) is 10.1. The molecule has 1 heterocycles. The van der Waals surface area contributed by atoms with Crippen molar-refractivity contribution in [3.8, 4) is 12.1 Å². The zero-order valence-electron chi connectivity index (χ0n) is 6.71. The molecular weight excluding hydrogens is 197 g/mol. The Balaban J connectivity index is 3.16. The summed E-state index contributed by atoms with van der Waals surface area (Å²) in [6.45, 7) is -0.376. The van der Waals surface area contributed by atoms with Crippen LogP contribution in [0, 0.1) is 22.7 Å². The van der Waals surface area contributed by atoms with Crippen LogP contribution in [0.1, 0.15) is 11.4 Å². The van der Waals surface area contributed by atoms with E-state index in [9.17, 15) is 13.2 Å². The van der Waals surface area contributed by atoms with E-state index >= 15 is 0 Å². The molecule has 0 saturated heterocycles. The van der Waals surface area contributed by atoms with Crippen molar-refractivity contribution in [1.29, 1.82) is 10.5 Å². The van der Waals surface area contributed by atoms with Gasteiger partial charge in [0.25, 0.3) is 0 Å². The lowest BCUT2D eigenvalue weighted by Crippen LogP contribution is -2.08. The van der Waals surface area contributed by atoms with E-state index in [4.69, 9.17) is 10.5 Å². The standard InChI is InChI=1S/C7H3F3N4/c8-7(9,10)6-3-5(4-12)14(13-6)2-1-11/h3H,2H2. The van der Waals surface area contributed by atoms with Gasteiger partial charge in [-0.05, 0) is 0 Å². The van der Waals surface area contributed by atoms with Crippen LogP contribution in [0.2, 0.25) is 0 Å². The molecule has 0 amide bonds. The van der Waals surface area contributed by atoms with E-state index in [0.29, 0.717) is 10.7 Å². The van der Waals surface area contributed by atoms with E-state index in [1.54, 1.807) is 6.07 Å². The van der Waals surface area contributed by atoms with Gasteiger partial charge in [-0.3, -0.25) is 0 Å². The van der Waals surface area contributed by atoms with Gasteiger partial charge in [0.15, 0.2) is 5.69 Å². The Morgan fingerprint density at radius 3 is 2.50 bits per heavy atom. The molecule has 1 aromatic rings. The molecule has 0 bridgehead atoms. The molecule has 14 heavy (non-hydrogen) atoms. The number of aromatic nitrogens is 2. The lowest BCUT2D eigenvalue weighted by Gasteiger charge is -1.99. The van der Waals surface area contributed by atoms with Crippen molar-refractivity contribution in [2.75, 3.05) is 0 Å². The minimum Gasteiger partial charge on any atom is -0.240 e. The van der Waals surface area contributed by atoms with Gasteiger partial charge in [0.2, 0.25) is 0 Å². The zero-order chi connectivity index (χ0) is 10.8. The van der Waals surface area contributed by atoms with Crippen molar-refractivity contribution in [3.05, 3.63) is 17.5 Å². The third-order valence-electron chi connectivity index (χ3n) is 1.41. The van der Waals surface area contributed by atoms with Crippen molar-refractivity contribution in [2.45, 2.75) is 12.7 Å². The highest BCUT2D eigenvalue weighted by molar-refractivity contribution is 5.25. The molecule has 72 valence electrons. The van der Waals surface area contributed by atoms with Crippen molar-refractivity contribution < 1.29 is 13.2 Å². The van der Waals surface area contributed by atoms with Crippen molar-refractivity contribution in [3.63, 3.8) is 0 Å². The van der Waals surface area contributed by atoms with Crippen molar-refractivity contribution >= 4 is 0 Å². The van der Waals surface area contributed by atoms with Gasteiger partial charge in [0, 0.05) is 6.07 Å². The van der Waals surface area contributed by atoms with Crippen LogP contribution in [0.3, 0.4) is 0 Å². The Hall–Kier alpha value is -2.02. The number of nitriles is 2. The molecule has 0 aromatic carbocycles. The minimum atomic E-state index is -4.59. The minimum absolute atomic E-state index is 0.279. The molecule has 0 saturated carbocycles. The highest BCUT2D eigenvalue weighted by Crippen LogP contribution is 2.28. The molecule has 0 N–H and O–H groups in total. The molecule has 0 aliphatic rings. The molecule has 0 atom stereocenters. The van der Waals surface area contributed by atoms with Gasteiger partial charge in [-0.2, -0.15) is 28.8 Å². The maximum atomic E-state index is 12.1. The summed E-state index contributed by atoms with van der Waals surface area (Å²) in [5.41, 5.74) is -1.44. The predicted molar refractivity (Wildman–Crippen MR) is 37.6 cm³/mol. The van der Waals surface area contributed by atoms with Crippen molar-refractivity contribution in [1.82, 2.24) is 9.78 Å². The van der Waals surface area contributed by atoms with Crippen LogP contribution < -0.4 is 0 Å². The zero-order valence-corrected chi connectivity index (χ0v) is 6.71. The Morgan fingerprint density at radius 2 is 2.07 bits per heavy atom. The normalized spacial score (nSPS) is 10.6. The van der Waals surface area contributed by atoms with Gasteiger partial charge in [0.1, 0.15) is 18.3 Å². The monoisotopic (exact) mass is 200 g/mol. The van der Waals surface area contributed by atoms with Gasteiger partial charge >= 0.3 is 6.18 Å². The maximum Gasteiger partial charge on any atom is 0.435 e. The highest BCUT2D eigenvalue weighted by Gasteiger charge is 2.34. The van der Waals surface area contributed by atoms with Gasteiger partial charge in [-0.15, -0.1) is 0 Å². The Bertz CT molecular complexity index is 418. The van der Waals surface area contributed by atoms with Crippen molar-refractivity contribution in [2.24, 2.45) is 0 Å². The SMILES string of the molecule is N#CCn1nc(C(F)(F)F)cc1C#N. The fourth-order valence-electron chi connectivity index (χ4n) is 0.833. The Kier molecular flexibility index (Phi) is 2.43. The van der Waals surface area contributed by atoms with E-state index in [1.165, 1.54) is 6.07 Å². The fourth-order valence-corrected chi connectivity index (χ4v) is 0.833. The number of alkyl halides is 3. The first-order valence-corrected chi connectivity index (χ1v) is 3.41. The molecule has 0 aliphatic heterocycles. The highest BCUT2D eigenvalue weighted by atomic mass is 19.4. The Labute approximate surface area is 76.8 Å². The van der Waals surface area contributed by atoms with Crippen LogP contribution in [0.4, 0.5) is 13.2 Å². The van der Waals surface area contributed by atoms with E-state index in [0.717, 1.165) is 0 Å². The second-order valence-corrected chi connectivity index (χ2v) is 2.34. The molecule has 0 spiro atoms. The number of rotatable bonds is 1. The molecule has 0 aliphatic carbocycles. The molecule has 1 aromatic heterocycles. The maximum absolute atomic E-state index is 12.1. The third-order valence-corrected chi connectivity index (χ3v) is 1.41. The largest absolute Gasteiger partial charge is 0.435 e. The molecule has 7 heteroatoms. The molecule has 0 unspecified atom stereocenters. The summed E-state index contributed by atoms with van der Waals surface area (Å²) in [6, 6.07) is 3.74. The first-order valence-electron chi connectivity index (χ1n) is 3.41. The van der Waals surface area contributed by atoms with Gasteiger partial charge in [-0.25, -0.2) is 4.68 Å². The fraction of sp³-hybridized carbons (Fsp3) is 0.286. The molecule has 4 nitrogen and oxygen atoms in total. The molecule has 0 radical (unpaired) electrons. The smallest absolute Gasteiger partial charge is 0.240 e. The van der Waals surface area contributed by atoms with Gasteiger partial charge in [0.05, 0.1) is 6.07 Å². The van der Waals surface area contributed by atoms with E-state index < -0.39 is 11.9 Å². The van der Waals surface area contributed by atoms with E-state index in [2.05, 4.69) is 5.10 Å². The number of nitrogens with zero attached hydrogens (tertiary/aromatic N) is 4. The van der Waals surface area contributed by atoms with Crippen LogP contribution >= 0.6 is 0 Å². The Morgan fingerprint density at radius 1 is 1.43 bits per heavy atom. The number of halogens is 3. The topological polar surface area (TPSA) is 65.4 Å². The lowest BCUT2D eigenvalue weighted by atomic mass is 10.3. The summed E-state index contributed by atoms with van der Waals surface area (Å²) in [6.07, 6.45) is -4.59. The molecule has 0 fully saturated rings. The lowest BCUT2D eigenvalue weighted by molar-refractivity contribution is -0.141. The summed E-state index contributed by atoms with van der Waals surface area (Å²) in [7, 11) is 0. The van der Waals surface area contributed by atoms with Gasteiger partial charge < -0.3 is 0 Å². The predicted octanol–water partition coefficient (Wildman–Crippen LogP) is 1.30. The number of hydrogen-bond acceptors (Lipinski definition) is 3. The van der Waals surface area contributed by atoms with E-state index in [-0.39, 0.29) is 12.2 Å². The van der Waals surface area contributed by atoms with Crippen LogP contribution in [0.25, 0.3) is 0 Å². The molecule has 1 rings (SSSR count). The third kappa shape index (κ3) is 1.83. The summed E-state index contributed by atoms with van der Waals surface area (Å²) in [4.78, 5) is 0. The van der Waals surface area contributed by atoms with Crippen LogP contribution in [0.15, 0.2) is 6.07 Å². The molecular formula is C7H3F3N4. The van der Waals surface area contributed by atoms with Crippen LogP contribution in [0.5, 0.6) is 0 Å². The number of hydrogen-bond donors (Lipinski definition) is 0. The summed E-state index contributed by atoms with van der Waals surface area (Å²) in [5, 5.41) is 19.8. The van der Waals surface area contributed by atoms with Crippen LogP contribution in [-0.4, -0.2) is 9.78 Å². The quantitative estimate of drug-likeness (QED) is 0.686. The average Bonchev–Trinajstić information content (AvgIpc) is 2.47. The summed E-state index contributed by atoms with van der Waals surface area (Å²) in [5.74, 6) is 0. The second kappa shape index (κ2) is 3.38. The van der Waals surface area contributed by atoms with E-state index in [1.807, 2.05) is 0 Å². The second-order valence-electron chi connectivity index (χ2n) is 2.34. The van der Waals surface area contributed by atoms with Crippen LogP contribution in [-0.2, 0) is 12.7 Å². The van der Waals surface area contributed by atoms with Gasteiger partial charge in [-0.1, -0.05) is 0 Å². The summed E-state index contributed by atoms with van der Waals surface area (Å²) < 4.78 is 37.0. The first-order chi connectivity index (χ1) is 6.49. The summed E-state index contributed by atoms with van der Waals surface area (Å²) >= 11 is 0. The average molecular weight is 200 g/mol.